The molecule has 5 heteroatoms. The molecule has 0 saturated carbocycles. The fourth-order valence-corrected chi connectivity index (χ4v) is 5.45. The molecule has 234 valence electrons. The highest BCUT2D eigenvalue weighted by atomic mass is 15.0. The van der Waals surface area contributed by atoms with Crippen molar-refractivity contribution in [2.24, 2.45) is 9.98 Å². The SMILES string of the molecule is CC(/C=C(/C)Nc1c(C(C)C)cccc1C(C)C)=Nc1cccc(/N=C(C)/C=C(/C)Nc2c(C(C)C)cccc2C(C)C)n1. The van der Waals surface area contributed by atoms with E-state index in [2.05, 4.69) is 128 Å². The van der Waals surface area contributed by atoms with Gasteiger partial charge in [-0.25, -0.2) is 15.0 Å². The number of rotatable bonds is 12. The summed E-state index contributed by atoms with van der Waals surface area (Å²) < 4.78 is 0. The van der Waals surface area contributed by atoms with E-state index in [1.54, 1.807) is 0 Å². The molecule has 2 aromatic carbocycles. The van der Waals surface area contributed by atoms with E-state index in [9.17, 15) is 0 Å². The van der Waals surface area contributed by atoms with Crippen molar-refractivity contribution in [3.63, 3.8) is 0 Å². The van der Waals surface area contributed by atoms with Crippen LogP contribution >= 0.6 is 0 Å². The number of pyridine rings is 1. The van der Waals surface area contributed by atoms with Crippen molar-refractivity contribution in [2.75, 3.05) is 10.6 Å². The number of aromatic nitrogens is 1. The van der Waals surface area contributed by atoms with Crippen LogP contribution in [0.25, 0.3) is 0 Å². The number of para-hydroxylation sites is 2. The first-order valence-electron chi connectivity index (χ1n) is 16.0. The molecular weight excluding hydrogens is 538 g/mol. The summed E-state index contributed by atoms with van der Waals surface area (Å²) in [4.78, 5) is 14.3. The summed E-state index contributed by atoms with van der Waals surface area (Å²) in [6.45, 7) is 26.1. The van der Waals surface area contributed by atoms with Crippen molar-refractivity contribution in [1.29, 1.82) is 0 Å². The number of allylic oxidation sites excluding steroid dienone is 4. The third-order valence-electron chi connectivity index (χ3n) is 7.54. The Balaban J connectivity index is 1.81. The first kappa shape index (κ1) is 34.5. The summed E-state index contributed by atoms with van der Waals surface area (Å²) in [5.41, 5.74) is 11.5. The van der Waals surface area contributed by atoms with Gasteiger partial charge in [-0.15, -0.1) is 0 Å². The van der Waals surface area contributed by atoms with Crippen LogP contribution in [0.4, 0.5) is 23.0 Å². The van der Waals surface area contributed by atoms with Crippen LogP contribution in [0.5, 0.6) is 0 Å². The van der Waals surface area contributed by atoms with Crippen molar-refractivity contribution in [1.82, 2.24) is 4.98 Å². The largest absolute Gasteiger partial charge is 0.359 e. The molecule has 0 amide bonds. The summed E-state index contributed by atoms with van der Waals surface area (Å²) in [6, 6.07) is 19.0. The molecule has 3 rings (SSSR count). The molecule has 0 aliphatic carbocycles. The lowest BCUT2D eigenvalue weighted by atomic mass is 9.92. The summed E-state index contributed by atoms with van der Waals surface area (Å²) in [7, 11) is 0. The molecule has 0 radical (unpaired) electrons. The summed E-state index contributed by atoms with van der Waals surface area (Å²) in [6.07, 6.45) is 4.14. The maximum absolute atomic E-state index is 4.78. The van der Waals surface area contributed by atoms with Crippen LogP contribution in [-0.4, -0.2) is 16.4 Å². The minimum absolute atomic E-state index is 0.428. The number of nitrogens with one attached hydrogen (secondary N) is 2. The molecular formula is C39H53N5. The van der Waals surface area contributed by atoms with Crippen LogP contribution in [0, 0.1) is 0 Å². The van der Waals surface area contributed by atoms with Crippen molar-refractivity contribution >= 4 is 34.4 Å². The Morgan fingerprint density at radius 2 is 0.818 bits per heavy atom. The monoisotopic (exact) mass is 591 g/mol. The molecule has 0 saturated heterocycles. The number of hydrogen-bond donors (Lipinski definition) is 2. The zero-order valence-electron chi connectivity index (χ0n) is 29.0. The summed E-state index contributed by atoms with van der Waals surface area (Å²) in [5, 5.41) is 7.35. The Morgan fingerprint density at radius 1 is 0.523 bits per heavy atom. The van der Waals surface area contributed by atoms with E-state index >= 15 is 0 Å². The molecule has 0 unspecified atom stereocenters. The van der Waals surface area contributed by atoms with Crippen molar-refractivity contribution < 1.29 is 0 Å². The first-order valence-corrected chi connectivity index (χ1v) is 16.0. The lowest BCUT2D eigenvalue weighted by Crippen LogP contribution is -2.07. The Morgan fingerprint density at radius 3 is 1.11 bits per heavy atom. The van der Waals surface area contributed by atoms with Gasteiger partial charge in [-0.05, 0) is 97.9 Å². The Labute approximate surface area is 266 Å². The van der Waals surface area contributed by atoms with Crippen molar-refractivity contribution in [3.05, 3.63) is 100 Å². The highest BCUT2D eigenvalue weighted by Gasteiger charge is 2.15. The van der Waals surface area contributed by atoms with Gasteiger partial charge in [0.05, 0.1) is 0 Å². The van der Waals surface area contributed by atoms with E-state index in [-0.39, 0.29) is 0 Å². The molecule has 1 heterocycles. The van der Waals surface area contributed by atoms with E-state index in [1.807, 2.05) is 32.0 Å². The lowest BCUT2D eigenvalue weighted by molar-refractivity contribution is 0.837. The second-order valence-corrected chi connectivity index (χ2v) is 13.0. The number of anilines is 2. The smallest absolute Gasteiger partial charge is 0.154 e. The first-order chi connectivity index (χ1) is 20.8. The third-order valence-corrected chi connectivity index (χ3v) is 7.54. The molecule has 5 nitrogen and oxygen atoms in total. The summed E-state index contributed by atoms with van der Waals surface area (Å²) >= 11 is 0. The molecule has 0 aliphatic rings. The van der Waals surface area contributed by atoms with E-state index in [0.717, 1.165) is 22.8 Å². The maximum atomic E-state index is 4.78. The van der Waals surface area contributed by atoms with Crippen LogP contribution in [-0.2, 0) is 0 Å². The van der Waals surface area contributed by atoms with E-state index in [4.69, 9.17) is 15.0 Å². The summed E-state index contributed by atoms with van der Waals surface area (Å²) in [5.74, 6) is 2.99. The fourth-order valence-electron chi connectivity index (χ4n) is 5.45. The van der Waals surface area contributed by atoms with Gasteiger partial charge in [-0.3, -0.25) is 0 Å². The second kappa shape index (κ2) is 15.7. The average molecular weight is 592 g/mol. The van der Waals surface area contributed by atoms with Crippen LogP contribution in [0.15, 0.2) is 88.1 Å². The van der Waals surface area contributed by atoms with Crippen LogP contribution in [0.3, 0.4) is 0 Å². The van der Waals surface area contributed by atoms with Gasteiger partial charge in [0.1, 0.15) is 0 Å². The molecule has 0 aliphatic heterocycles. The molecule has 0 fully saturated rings. The van der Waals surface area contributed by atoms with Gasteiger partial charge in [-0.2, -0.15) is 0 Å². The molecule has 1 aromatic heterocycles. The van der Waals surface area contributed by atoms with E-state index < -0.39 is 0 Å². The van der Waals surface area contributed by atoms with E-state index in [0.29, 0.717) is 35.3 Å². The molecule has 2 N–H and O–H groups in total. The van der Waals surface area contributed by atoms with Crippen LogP contribution in [0.1, 0.15) is 129 Å². The highest BCUT2D eigenvalue weighted by Crippen LogP contribution is 2.34. The molecule has 44 heavy (non-hydrogen) atoms. The van der Waals surface area contributed by atoms with Crippen LogP contribution < -0.4 is 10.6 Å². The standard InChI is InChI=1S/C39H53N5/c1-24(2)32-16-13-17-33(25(3)4)38(32)42-30(11)22-28(9)40-36-20-15-21-37(44-36)41-29(10)23-31(12)43-39-34(26(5)6)18-14-19-35(39)27(7)8/h13-27,42-43H,1-12H3/b30-22-,31-23-,40-28+,41-29?. The molecule has 0 spiro atoms. The fraction of sp³-hybridized carbons (Fsp3) is 0.410. The third kappa shape index (κ3) is 9.51. The average Bonchev–Trinajstić information content (AvgIpc) is 2.92. The molecule has 0 bridgehead atoms. The topological polar surface area (TPSA) is 61.7 Å². The van der Waals surface area contributed by atoms with Gasteiger partial charge in [0.2, 0.25) is 0 Å². The van der Waals surface area contributed by atoms with Gasteiger partial charge in [-0.1, -0.05) is 97.9 Å². The van der Waals surface area contributed by atoms with Crippen molar-refractivity contribution in [3.8, 4) is 0 Å². The predicted molar refractivity (Wildman–Crippen MR) is 194 cm³/mol. The second-order valence-electron chi connectivity index (χ2n) is 13.0. The highest BCUT2D eigenvalue weighted by molar-refractivity contribution is 5.96. The Bertz CT molecular complexity index is 1390. The minimum Gasteiger partial charge on any atom is -0.359 e. The zero-order valence-corrected chi connectivity index (χ0v) is 29.0. The predicted octanol–water partition coefficient (Wildman–Crippen LogP) is 11.8. The van der Waals surface area contributed by atoms with Gasteiger partial charge < -0.3 is 10.6 Å². The zero-order chi connectivity index (χ0) is 32.6. The Hall–Kier alpha value is -3.99. The number of aliphatic imine (C=N–C) groups is 2. The van der Waals surface area contributed by atoms with Gasteiger partial charge in [0.15, 0.2) is 11.6 Å². The number of hydrogen-bond acceptors (Lipinski definition) is 5. The lowest BCUT2D eigenvalue weighted by Gasteiger charge is -2.21. The molecule has 0 atom stereocenters. The van der Waals surface area contributed by atoms with Crippen LogP contribution in [0.2, 0.25) is 0 Å². The van der Waals surface area contributed by atoms with Crippen molar-refractivity contribution in [2.45, 2.75) is 107 Å². The normalized spacial score (nSPS) is 13.5. The van der Waals surface area contributed by atoms with E-state index in [1.165, 1.54) is 33.6 Å². The number of benzene rings is 2. The Kier molecular flexibility index (Phi) is 12.3. The van der Waals surface area contributed by atoms with Gasteiger partial charge >= 0.3 is 0 Å². The molecule has 3 aromatic rings. The number of nitrogens with zero attached hydrogens (tertiary/aromatic N) is 3. The van der Waals surface area contributed by atoms with Gasteiger partial charge in [0.25, 0.3) is 0 Å². The quantitative estimate of drug-likeness (QED) is 0.206. The minimum atomic E-state index is 0.428. The maximum Gasteiger partial charge on any atom is 0.154 e. The van der Waals surface area contributed by atoms with Gasteiger partial charge in [0, 0.05) is 34.2 Å².